The molecular weight excluding hydrogens is 262 g/mol. The number of methoxy groups -OCH3 is 1. The molecule has 0 saturated carbocycles. The lowest BCUT2D eigenvalue weighted by Gasteiger charge is -2.03. The summed E-state index contributed by atoms with van der Waals surface area (Å²) < 4.78 is 7.02. The highest BCUT2D eigenvalue weighted by molar-refractivity contribution is 5.72. The maximum Gasteiger partial charge on any atom is 0.153 e. The summed E-state index contributed by atoms with van der Waals surface area (Å²) in [5.74, 6) is 1.40. The molecule has 21 heavy (non-hydrogen) atoms. The molecule has 0 spiro atoms. The zero-order valence-corrected chi connectivity index (χ0v) is 11.9. The first kappa shape index (κ1) is 13.2. The fraction of sp³-hybridized carbons (Fsp3) is 0.118. The Bertz CT molecular complexity index is 718. The molecule has 2 aromatic carbocycles. The molecule has 0 bridgehead atoms. The predicted octanol–water partition coefficient (Wildman–Crippen LogP) is 3.19. The van der Waals surface area contributed by atoms with E-state index in [0.717, 1.165) is 22.4 Å². The Labute approximate surface area is 123 Å². The molecule has 0 aliphatic rings. The first-order chi connectivity index (χ1) is 10.3. The number of benzene rings is 2. The van der Waals surface area contributed by atoms with Crippen LogP contribution < -0.4 is 10.5 Å². The van der Waals surface area contributed by atoms with Crippen molar-refractivity contribution in [3.8, 4) is 16.9 Å². The number of aromatic nitrogens is 2. The maximum atomic E-state index is 6.02. The van der Waals surface area contributed by atoms with Crippen molar-refractivity contribution in [1.29, 1.82) is 0 Å². The first-order valence-corrected chi connectivity index (χ1v) is 6.77. The molecule has 0 radical (unpaired) electrons. The molecule has 0 amide bonds. The molecule has 4 heteroatoms. The van der Waals surface area contributed by atoms with Crippen molar-refractivity contribution in [2.75, 3.05) is 12.8 Å². The van der Waals surface area contributed by atoms with Gasteiger partial charge >= 0.3 is 0 Å². The molecule has 0 fully saturated rings. The third kappa shape index (κ3) is 2.89. The Hall–Kier alpha value is -2.75. The van der Waals surface area contributed by atoms with Gasteiger partial charge in [0, 0.05) is 11.8 Å². The number of anilines is 1. The lowest BCUT2D eigenvalue weighted by Crippen LogP contribution is -2.00. The zero-order chi connectivity index (χ0) is 14.7. The van der Waals surface area contributed by atoms with Crippen molar-refractivity contribution in [3.63, 3.8) is 0 Å². The quantitative estimate of drug-likeness (QED) is 0.798. The molecule has 106 valence electrons. The second kappa shape index (κ2) is 5.71. The van der Waals surface area contributed by atoms with E-state index in [1.165, 1.54) is 0 Å². The standard InChI is InChI=1S/C17H17N3O/c1-21-15-9-7-13(8-10-15)11-20-12-16(17(18)19-20)14-5-3-2-4-6-14/h2-10,12H,11H2,1H3,(H2,18,19). The third-order valence-corrected chi connectivity index (χ3v) is 3.38. The highest BCUT2D eigenvalue weighted by Gasteiger charge is 2.08. The summed E-state index contributed by atoms with van der Waals surface area (Å²) in [4.78, 5) is 0. The lowest BCUT2D eigenvalue weighted by atomic mass is 10.1. The Balaban J connectivity index is 1.83. The summed E-state index contributed by atoms with van der Waals surface area (Å²) >= 11 is 0. The van der Waals surface area contributed by atoms with E-state index >= 15 is 0 Å². The predicted molar refractivity (Wildman–Crippen MR) is 84.2 cm³/mol. The zero-order valence-electron chi connectivity index (χ0n) is 11.9. The van der Waals surface area contributed by atoms with Gasteiger partial charge in [-0.15, -0.1) is 0 Å². The van der Waals surface area contributed by atoms with Crippen molar-refractivity contribution in [1.82, 2.24) is 9.78 Å². The van der Waals surface area contributed by atoms with E-state index in [0.29, 0.717) is 12.4 Å². The SMILES string of the molecule is COc1ccc(Cn2cc(-c3ccccc3)c(N)n2)cc1. The number of ether oxygens (including phenoxy) is 1. The van der Waals surface area contributed by atoms with Gasteiger partial charge in [0.25, 0.3) is 0 Å². The molecular formula is C17H17N3O. The van der Waals surface area contributed by atoms with Gasteiger partial charge in [-0.05, 0) is 23.3 Å². The molecule has 0 saturated heterocycles. The minimum absolute atomic E-state index is 0.551. The fourth-order valence-electron chi connectivity index (χ4n) is 2.28. The highest BCUT2D eigenvalue weighted by Crippen LogP contribution is 2.24. The van der Waals surface area contributed by atoms with E-state index in [1.807, 2.05) is 65.5 Å². The Kier molecular flexibility index (Phi) is 3.60. The van der Waals surface area contributed by atoms with Gasteiger partial charge in [0.05, 0.1) is 13.7 Å². The summed E-state index contributed by atoms with van der Waals surface area (Å²) in [6.45, 7) is 0.682. The van der Waals surface area contributed by atoms with Crippen molar-refractivity contribution in [2.45, 2.75) is 6.54 Å². The molecule has 0 aliphatic heterocycles. The largest absolute Gasteiger partial charge is 0.497 e. The van der Waals surface area contributed by atoms with E-state index in [4.69, 9.17) is 10.5 Å². The van der Waals surface area contributed by atoms with E-state index in [2.05, 4.69) is 5.10 Å². The maximum absolute atomic E-state index is 6.02. The molecule has 1 aromatic heterocycles. The van der Waals surface area contributed by atoms with Crippen molar-refractivity contribution in [2.24, 2.45) is 0 Å². The second-order valence-corrected chi connectivity index (χ2v) is 4.84. The number of hydrogen-bond donors (Lipinski definition) is 1. The minimum Gasteiger partial charge on any atom is -0.497 e. The summed E-state index contributed by atoms with van der Waals surface area (Å²) in [6.07, 6.45) is 1.98. The topological polar surface area (TPSA) is 53.1 Å². The normalized spacial score (nSPS) is 10.5. The van der Waals surface area contributed by atoms with Crippen LogP contribution in [0.3, 0.4) is 0 Å². The lowest BCUT2D eigenvalue weighted by molar-refractivity contribution is 0.414. The van der Waals surface area contributed by atoms with Gasteiger partial charge in [-0.3, -0.25) is 4.68 Å². The summed E-state index contributed by atoms with van der Waals surface area (Å²) in [5.41, 5.74) is 9.21. The van der Waals surface area contributed by atoms with Crippen molar-refractivity contribution >= 4 is 5.82 Å². The van der Waals surface area contributed by atoms with Gasteiger partial charge in [0.15, 0.2) is 5.82 Å². The van der Waals surface area contributed by atoms with Crippen LogP contribution in [0.2, 0.25) is 0 Å². The molecule has 3 rings (SSSR count). The summed E-state index contributed by atoms with van der Waals surface area (Å²) in [5, 5.41) is 4.39. The smallest absolute Gasteiger partial charge is 0.153 e. The number of hydrogen-bond acceptors (Lipinski definition) is 3. The summed E-state index contributed by atoms with van der Waals surface area (Å²) in [7, 11) is 1.66. The molecule has 0 unspecified atom stereocenters. The Morgan fingerprint density at radius 3 is 2.43 bits per heavy atom. The van der Waals surface area contributed by atoms with Gasteiger partial charge in [-0.1, -0.05) is 42.5 Å². The van der Waals surface area contributed by atoms with Gasteiger partial charge in [0.2, 0.25) is 0 Å². The molecule has 4 nitrogen and oxygen atoms in total. The van der Waals surface area contributed by atoms with Crippen molar-refractivity contribution < 1.29 is 4.74 Å². The van der Waals surface area contributed by atoms with Crippen molar-refractivity contribution in [3.05, 3.63) is 66.4 Å². The van der Waals surface area contributed by atoms with Gasteiger partial charge in [-0.2, -0.15) is 5.10 Å². The van der Waals surface area contributed by atoms with Gasteiger partial charge in [-0.25, -0.2) is 0 Å². The molecule has 0 aliphatic carbocycles. The van der Waals surface area contributed by atoms with Crippen LogP contribution in [-0.4, -0.2) is 16.9 Å². The average Bonchev–Trinajstić information content (AvgIpc) is 2.89. The van der Waals surface area contributed by atoms with Crippen LogP contribution in [0.4, 0.5) is 5.82 Å². The summed E-state index contributed by atoms with van der Waals surface area (Å²) in [6, 6.07) is 18.0. The Morgan fingerprint density at radius 2 is 1.76 bits per heavy atom. The number of rotatable bonds is 4. The Morgan fingerprint density at radius 1 is 1.05 bits per heavy atom. The van der Waals surface area contributed by atoms with Gasteiger partial charge < -0.3 is 10.5 Å². The molecule has 3 aromatic rings. The molecule has 1 heterocycles. The number of nitrogens with zero attached hydrogens (tertiary/aromatic N) is 2. The minimum atomic E-state index is 0.551. The average molecular weight is 279 g/mol. The van der Waals surface area contributed by atoms with Crippen LogP contribution in [0, 0.1) is 0 Å². The van der Waals surface area contributed by atoms with Crippen LogP contribution in [0.1, 0.15) is 5.56 Å². The van der Waals surface area contributed by atoms with Gasteiger partial charge in [0.1, 0.15) is 5.75 Å². The van der Waals surface area contributed by atoms with Crippen LogP contribution in [0.25, 0.3) is 11.1 Å². The van der Waals surface area contributed by atoms with E-state index in [1.54, 1.807) is 7.11 Å². The third-order valence-electron chi connectivity index (χ3n) is 3.38. The first-order valence-electron chi connectivity index (χ1n) is 6.77. The van der Waals surface area contributed by atoms with Crippen LogP contribution in [0.5, 0.6) is 5.75 Å². The second-order valence-electron chi connectivity index (χ2n) is 4.84. The fourth-order valence-corrected chi connectivity index (χ4v) is 2.28. The number of nitrogen functional groups attached to an aromatic ring is 1. The monoisotopic (exact) mass is 279 g/mol. The molecule has 0 atom stereocenters. The van der Waals surface area contributed by atoms with E-state index in [9.17, 15) is 0 Å². The highest BCUT2D eigenvalue weighted by atomic mass is 16.5. The van der Waals surface area contributed by atoms with E-state index in [-0.39, 0.29) is 0 Å². The van der Waals surface area contributed by atoms with Crippen LogP contribution in [0.15, 0.2) is 60.8 Å². The molecule has 2 N–H and O–H groups in total. The van der Waals surface area contributed by atoms with Crippen LogP contribution >= 0.6 is 0 Å². The van der Waals surface area contributed by atoms with Crippen LogP contribution in [-0.2, 0) is 6.54 Å². The van der Waals surface area contributed by atoms with E-state index < -0.39 is 0 Å². The number of nitrogens with two attached hydrogens (primary N) is 1.